The molecule has 170 valence electrons. The summed E-state index contributed by atoms with van der Waals surface area (Å²) < 4.78 is 5.45. The van der Waals surface area contributed by atoms with E-state index in [1.165, 1.54) is 39.7 Å². The second kappa shape index (κ2) is 10.1. The molecule has 3 amide bonds. The maximum atomic E-state index is 12.4. The summed E-state index contributed by atoms with van der Waals surface area (Å²) in [4.78, 5) is 44.2. The van der Waals surface area contributed by atoms with E-state index in [0.717, 1.165) is 0 Å². The second-order valence-corrected chi connectivity index (χ2v) is 6.71. The van der Waals surface area contributed by atoms with E-state index < -0.39 is 5.91 Å². The number of nitrogens with one attached hydrogen (secondary N) is 4. The van der Waals surface area contributed by atoms with Crippen LogP contribution in [0.4, 0.5) is 23.0 Å². The van der Waals surface area contributed by atoms with Crippen LogP contribution in [0.1, 0.15) is 31.1 Å². The van der Waals surface area contributed by atoms with E-state index in [4.69, 9.17) is 10.5 Å². The summed E-state index contributed by atoms with van der Waals surface area (Å²) in [7, 11) is 4.49. The number of ether oxygens (including phenoxy) is 1. The first kappa shape index (κ1) is 23.0. The number of para-hydroxylation sites is 1. The first-order valence-electron chi connectivity index (χ1n) is 9.79. The van der Waals surface area contributed by atoms with Crippen LogP contribution >= 0.6 is 0 Å². The lowest BCUT2D eigenvalue weighted by molar-refractivity contribution is 0.0953. The van der Waals surface area contributed by atoms with Gasteiger partial charge in [0.2, 0.25) is 5.91 Å². The Bertz CT molecular complexity index is 1200. The Kier molecular flexibility index (Phi) is 7.03. The predicted molar refractivity (Wildman–Crippen MR) is 123 cm³/mol. The highest BCUT2D eigenvalue weighted by Gasteiger charge is 2.18. The minimum atomic E-state index is -0.582. The van der Waals surface area contributed by atoms with E-state index in [-0.39, 0.29) is 22.9 Å². The standard InChI is InChI=1S/C22H23N7O4/c1-24-21(31)13-5-4-6-15(19(13)33-3)28-16-9-18(27-11-14(16)22(32)25-2)29-17-8-7-12(10-26-17)20(23)30/h4-11H,1-3H3,(H2,23,30)(H,24,31)(H,25,32)(H2,26,27,28,29). The number of rotatable bonds is 8. The Balaban J connectivity index is 1.99. The van der Waals surface area contributed by atoms with E-state index in [9.17, 15) is 14.4 Å². The molecule has 2 heterocycles. The fourth-order valence-corrected chi connectivity index (χ4v) is 3.00. The summed E-state index contributed by atoms with van der Waals surface area (Å²) in [6.45, 7) is 0. The molecule has 0 unspecified atom stereocenters. The van der Waals surface area contributed by atoms with Gasteiger partial charge < -0.3 is 31.7 Å². The van der Waals surface area contributed by atoms with Gasteiger partial charge in [0.05, 0.1) is 35.2 Å². The normalized spacial score (nSPS) is 10.2. The van der Waals surface area contributed by atoms with Crippen molar-refractivity contribution in [3.8, 4) is 5.75 Å². The van der Waals surface area contributed by atoms with Crippen LogP contribution in [0.25, 0.3) is 0 Å². The molecule has 0 aliphatic rings. The molecule has 0 aliphatic carbocycles. The van der Waals surface area contributed by atoms with Crippen LogP contribution in [0.2, 0.25) is 0 Å². The zero-order valence-corrected chi connectivity index (χ0v) is 18.2. The number of nitrogens with two attached hydrogens (primary N) is 1. The number of hydrogen-bond acceptors (Lipinski definition) is 8. The summed E-state index contributed by atoms with van der Waals surface area (Å²) in [5.74, 6) is -0.140. The fraction of sp³-hybridized carbons (Fsp3) is 0.136. The molecule has 0 saturated carbocycles. The average Bonchev–Trinajstić information content (AvgIpc) is 2.83. The number of pyridine rings is 2. The number of nitrogens with zero attached hydrogens (tertiary/aromatic N) is 2. The molecule has 33 heavy (non-hydrogen) atoms. The molecule has 0 radical (unpaired) electrons. The van der Waals surface area contributed by atoms with Gasteiger partial charge in [-0.2, -0.15) is 0 Å². The first-order valence-corrected chi connectivity index (χ1v) is 9.79. The zero-order valence-electron chi connectivity index (χ0n) is 18.2. The third-order valence-corrected chi connectivity index (χ3v) is 4.64. The number of aromatic nitrogens is 2. The van der Waals surface area contributed by atoms with Gasteiger partial charge in [0, 0.05) is 32.6 Å². The topological polar surface area (TPSA) is 160 Å². The number of carbonyl (C=O) groups is 3. The summed E-state index contributed by atoms with van der Waals surface area (Å²) in [6.07, 6.45) is 2.74. The van der Waals surface area contributed by atoms with Gasteiger partial charge in [-0.15, -0.1) is 0 Å². The number of primary amides is 1. The summed E-state index contributed by atoms with van der Waals surface area (Å²) >= 11 is 0. The van der Waals surface area contributed by atoms with Gasteiger partial charge in [-0.3, -0.25) is 14.4 Å². The van der Waals surface area contributed by atoms with E-state index >= 15 is 0 Å². The molecule has 0 bridgehead atoms. The SMILES string of the molecule is CNC(=O)c1cnc(Nc2ccc(C(N)=O)cn2)cc1Nc1cccc(C(=O)NC)c1OC. The third-order valence-electron chi connectivity index (χ3n) is 4.64. The highest BCUT2D eigenvalue weighted by molar-refractivity contribution is 6.02. The largest absolute Gasteiger partial charge is 0.494 e. The van der Waals surface area contributed by atoms with E-state index in [1.807, 2.05) is 0 Å². The molecule has 6 N–H and O–H groups in total. The van der Waals surface area contributed by atoms with E-state index in [0.29, 0.717) is 34.3 Å². The van der Waals surface area contributed by atoms with Crippen molar-refractivity contribution in [2.75, 3.05) is 31.8 Å². The van der Waals surface area contributed by atoms with Crippen LogP contribution < -0.4 is 31.7 Å². The van der Waals surface area contributed by atoms with Crippen LogP contribution in [0.3, 0.4) is 0 Å². The Morgan fingerprint density at radius 3 is 2.15 bits per heavy atom. The molecule has 0 fully saturated rings. The van der Waals surface area contributed by atoms with Gasteiger partial charge in [0.1, 0.15) is 11.6 Å². The lowest BCUT2D eigenvalue weighted by Crippen LogP contribution is -2.20. The van der Waals surface area contributed by atoms with Crippen LogP contribution in [0.5, 0.6) is 5.75 Å². The van der Waals surface area contributed by atoms with Crippen molar-refractivity contribution in [3.63, 3.8) is 0 Å². The molecule has 3 aromatic rings. The van der Waals surface area contributed by atoms with Crippen LogP contribution in [0, 0.1) is 0 Å². The molecule has 11 nitrogen and oxygen atoms in total. The van der Waals surface area contributed by atoms with Crippen molar-refractivity contribution in [1.82, 2.24) is 20.6 Å². The van der Waals surface area contributed by atoms with Gasteiger partial charge >= 0.3 is 0 Å². The van der Waals surface area contributed by atoms with Crippen molar-refractivity contribution in [2.24, 2.45) is 5.73 Å². The fourth-order valence-electron chi connectivity index (χ4n) is 3.00. The Morgan fingerprint density at radius 1 is 0.848 bits per heavy atom. The van der Waals surface area contributed by atoms with Crippen LogP contribution in [-0.4, -0.2) is 48.9 Å². The molecular weight excluding hydrogens is 426 g/mol. The van der Waals surface area contributed by atoms with Gasteiger partial charge in [0.15, 0.2) is 5.75 Å². The molecule has 0 aliphatic heterocycles. The summed E-state index contributed by atoms with van der Waals surface area (Å²) in [6, 6.07) is 9.77. The summed E-state index contributed by atoms with van der Waals surface area (Å²) in [5.41, 5.74) is 7.00. The third kappa shape index (κ3) is 5.15. The van der Waals surface area contributed by atoms with Crippen molar-refractivity contribution in [1.29, 1.82) is 0 Å². The van der Waals surface area contributed by atoms with Gasteiger partial charge in [0.25, 0.3) is 11.8 Å². The average molecular weight is 449 g/mol. The van der Waals surface area contributed by atoms with Crippen molar-refractivity contribution in [3.05, 3.63) is 65.5 Å². The molecule has 1 aromatic carbocycles. The first-order chi connectivity index (χ1) is 15.9. The van der Waals surface area contributed by atoms with Crippen molar-refractivity contribution >= 4 is 40.7 Å². The molecule has 0 saturated heterocycles. The smallest absolute Gasteiger partial charge is 0.254 e. The number of benzene rings is 1. The highest BCUT2D eigenvalue weighted by atomic mass is 16.5. The van der Waals surface area contributed by atoms with Gasteiger partial charge in [-0.25, -0.2) is 9.97 Å². The maximum Gasteiger partial charge on any atom is 0.254 e. The number of methoxy groups -OCH3 is 1. The number of hydrogen-bond donors (Lipinski definition) is 5. The predicted octanol–water partition coefficient (Wildman–Crippen LogP) is 1.79. The van der Waals surface area contributed by atoms with E-state index in [1.54, 1.807) is 30.3 Å². The van der Waals surface area contributed by atoms with Crippen LogP contribution in [0.15, 0.2) is 48.8 Å². The lowest BCUT2D eigenvalue weighted by atomic mass is 10.1. The minimum absolute atomic E-state index is 0.271. The monoisotopic (exact) mass is 449 g/mol. The van der Waals surface area contributed by atoms with Crippen molar-refractivity contribution in [2.45, 2.75) is 0 Å². The Hall–Kier alpha value is -4.67. The molecule has 2 aromatic heterocycles. The quantitative estimate of drug-likeness (QED) is 0.348. The van der Waals surface area contributed by atoms with Crippen LogP contribution in [-0.2, 0) is 0 Å². The zero-order chi connectivity index (χ0) is 24.0. The lowest BCUT2D eigenvalue weighted by Gasteiger charge is -2.17. The molecular formula is C22H23N7O4. The molecule has 0 spiro atoms. The van der Waals surface area contributed by atoms with Crippen molar-refractivity contribution < 1.29 is 19.1 Å². The maximum absolute atomic E-state index is 12.4. The molecule has 3 rings (SSSR count). The molecule has 0 atom stereocenters. The molecule has 11 heteroatoms. The number of anilines is 4. The highest BCUT2D eigenvalue weighted by Crippen LogP contribution is 2.33. The minimum Gasteiger partial charge on any atom is -0.494 e. The van der Waals surface area contributed by atoms with E-state index in [2.05, 4.69) is 31.2 Å². The second-order valence-electron chi connectivity index (χ2n) is 6.71. The number of amides is 3. The Morgan fingerprint density at radius 2 is 1.55 bits per heavy atom. The number of carbonyl (C=O) groups excluding carboxylic acids is 3. The Labute approximate surface area is 189 Å². The van der Waals surface area contributed by atoms with Gasteiger partial charge in [-0.1, -0.05) is 6.07 Å². The van der Waals surface area contributed by atoms with Gasteiger partial charge in [-0.05, 0) is 24.3 Å². The summed E-state index contributed by atoms with van der Waals surface area (Å²) in [5, 5.41) is 11.3.